The van der Waals surface area contributed by atoms with E-state index in [1.807, 2.05) is 53.3 Å². The third-order valence-corrected chi connectivity index (χ3v) is 9.12. The van der Waals surface area contributed by atoms with Gasteiger partial charge < -0.3 is 4.90 Å². The van der Waals surface area contributed by atoms with E-state index in [-0.39, 0.29) is 11.8 Å². The van der Waals surface area contributed by atoms with Gasteiger partial charge in [-0.15, -0.1) is 0 Å². The Bertz CT molecular complexity index is 1220. The summed E-state index contributed by atoms with van der Waals surface area (Å²) < 4.78 is 4.01. The SMILES string of the molecule is C[n+]1ccc(CC(=O)N2CCC([C@@H]3c4ccc(Cl)c(Br)c4CCc4cc(Br)cnc43)CC2)cc1. The van der Waals surface area contributed by atoms with Crippen LogP contribution in [-0.2, 0) is 31.1 Å². The molecule has 3 aromatic rings. The molecular weight excluding hydrogens is 578 g/mol. The summed E-state index contributed by atoms with van der Waals surface area (Å²) in [6, 6.07) is 10.5. The number of fused-ring (bicyclic) bond motifs is 2. The van der Waals surface area contributed by atoms with E-state index < -0.39 is 0 Å². The van der Waals surface area contributed by atoms with Crippen LogP contribution in [0.4, 0.5) is 0 Å². The van der Waals surface area contributed by atoms with Crippen LogP contribution in [0.2, 0.25) is 5.02 Å². The van der Waals surface area contributed by atoms with Crippen molar-refractivity contribution in [3.05, 3.63) is 90.8 Å². The molecule has 1 aliphatic carbocycles. The van der Waals surface area contributed by atoms with E-state index in [1.54, 1.807) is 0 Å². The van der Waals surface area contributed by atoms with Crippen molar-refractivity contribution in [2.75, 3.05) is 13.1 Å². The van der Waals surface area contributed by atoms with E-state index in [9.17, 15) is 4.79 Å². The molecule has 7 heteroatoms. The Morgan fingerprint density at radius 2 is 1.88 bits per heavy atom. The molecule has 1 aliphatic heterocycles. The first-order valence-electron chi connectivity index (χ1n) is 11.7. The summed E-state index contributed by atoms with van der Waals surface area (Å²) in [6.07, 6.45) is 10.2. The molecule has 0 bridgehead atoms. The third kappa shape index (κ3) is 4.82. The van der Waals surface area contributed by atoms with Crippen molar-refractivity contribution >= 4 is 49.4 Å². The molecule has 1 atom stereocenters. The lowest BCUT2D eigenvalue weighted by Crippen LogP contribution is -2.41. The van der Waals surface area contributed by atoms with E-state index >= 15 is 0 Å². The number of halogens is 3. The summed E-state index contributed by atoms with van der Waals surface area (Å²) in [6.45, 7) is 1.58. The first kappa shape index (κ1) is 24.0. The summed E-state index contributed by atoms with van der Waals surface area (Å²) >= 11 is 13.9. The van der Waals surface area contributed by atoms with Crippen LogP contribution in [0.1, 0.15) is 46.7 Å². The maximum atomic E-state index is 13.0. The van der Waals surface area contributed by atoms with Crippen molar-refractivity contribution in [2.24, 2.45) is 13.0 Å². The number of likely N-dealkylation sites (tertiary alicyclic amines) is 1. The molecule has 1 aromatic carbocycles. The second kappa shape index (κ2) is 10.1. The minimum Gasteiger partial charge on any atom is -0.342 e. The van der Waals surface area contributed by atoms with Crippen LogP contribution >= 0.6 is 43.5 Å². The van der Waals surface area contributed by atoms with Gasteiger partial charge in [-0.3, -0.25) is 9.78 Å². The smallest absolute Gasteiger partial charge is 0.226 e. The van der Waals surface area contributed by atoms with Gasteiger partial charge in [0.1, 0.15) is 7.05 Å². The number of aromatic nitrogens is 2. The van der Waals surface area contributed by atoms with E-state index in [0.717, 1.165) is 58.3 Å². The van der Waals surface area contributed by atoms with Gasteiger partial charge in [-0.05, 0) is 97.8 Å². The topological polar surface area (TPSA) is 37.1 Å². The third-order valence-electron chi connectivity index (χ3n) is 7.24. The first-order valence-corrected chi connectivity index (χ1v) is 13.7. The maximum Gasteiger partial charge on any atom is 0.226 e. The molecule has 34 heavy (non-hydrogen) atoms. The lowest BCUT2D eigenvalue weighted by molar-refractivity contribution is -0.671. The molecule has 1 saturated heterocycles. The van der Waals surface area contributed by atoms with Gasteiger partial charge in [0.25, 0.3) is 0 Å². The highest BCUT2D eigenvalue weighted by molar-refractivity contribution is 9.10. The predicted octanol–water partition coefficient (Wildman–Crippen LogP) is 5.80. The minimum absolute atomic E-state index is 0.209. The average Bonchev–Trinajstić information content (AvgIpc) is 3.00. The molecule has 0 N–H and O–H groups in total. The lowest BCUT2D eigenvalue weighted by atomic mass is 9.76. The molecule has 0 saturated carbocycles. The highest BCUT2D eigenvalue weighted by Crippen LogP contribution is 2.45. The fourth-order valence-corrected chi connectivity index (χ4v) is 6.54. The van der Waals surface area contributed by atoms with Gasteiger partial charge in [0, 0.05) is 46.3 Å². The van der Waals surface area contributed by atoms with E-state index in [0.29, 0.717) is 12.3 Å². The summed E-state index contributed by atoms with van der Waals surface area (Å²) in [4.78, 5) is 19.9. The van der Waals surface area contributed by atoms with Crippen LogP contribution in [0, 0.1) is 5.92 Å². The zero-order valence-electron chi connectivity index (χ0n) is 19.1. The number of carbonyl (C=O) groups excluding carboxylic acids is 1. The maximum absolute atomic E-state index is 13.0. The van der Waals surface area contributed by atoms with Crippen molar-refractivity contribution in [1.29, 1.82) is 0 Å². The Hall–Kier alpha value is -1.76. The number of pyridine rings is 2. The van der Waals surface area contributed by atoms with Crippen molar-refractivity contribution in [1.82, 2.24) is 9.88 Å². The Morgan fingerprint density at radius 3 is 2.62 bits per heavy atom. The molecule has 3 heterocycles. The fraction of sp³-hybridized carbons (Fsp3) is 0.370. The van der Waals surface area contributed by atoms with Crippen LogP contribution in [0.3, 0.4) is 0 Å². The van der Waals surface area contributed by atoms with Crippen molar-refractivity contribution < 1.29 is 9.36 Å². The van der Waals surface area contributed by atoms with Crippen molar-refractivity contribution in [2.45, 2.75) is 38.0 Å². The molecule has 0 spiro atoms. The quantitative estimate of drug-likeness (QED) is 0.355. The average molecular weight is 605 g/mol. The van der Waals surface area contributed by atoms with Crippen LogP contribution in [0.25, 0.3) is 0 Å². The minimum atomic E-state index is 0.209. The summed E-state index contributed by atoms with van der Waals surface area (Å²) in [5.41, 5.74) is 6.16. The number of piperidine rings is 1. The monoisotopic (exact) mass is 602 g/mol. The second-order valence-electron chi connectivity index (χ2n) is 9.37. The summed E-state index contributed by atoms with van der Waals surface area (Å²) in [7, 11) is 1.99. The summed E-state index contributed by atoms with van der Waals surface area (Å²) in [5.74, 6) is 0.850. The molecule has 0 radical (unpaired) electrons. The largest absolute Gasteiger partial charge is 0.342 e. The number of rotatable bonds is 3. The molecule has 0 unspecified atom stereocenters. The molecule has 2 aromatic heterocycles. The normalized spacial score (nSPS) is 18.2. The van der Waals surface area contributed by atoms with Crippen LogP contribution in [0.15, 0.2) is 57.9 Å². The Labute approximate surface area is 222 Å². The molecule has 4 nitrogen and oxygen atoms in total. The van der Waals surface area contributed by atoms with Gasteiger partial charge in [-0.2, -0.15) is 0 Å². The van der Waals surface area contributed by atoms with E-state index in [4.69, 9.17) is 16.6 Å². The number of amides is 1. The number of nitrogens with zero attached hydrogens (tertiary/aromatic N) is 3. The molecular formula is C27H27Br2ClN3O+. The van der Waals surface area contributed by atoms with Gasteiger partial charge in [0.15, 0.2) is 12.4 Å². The molecule has 5 rings (SSSR count). The Morgan fingerprint density at radius 1 is 1.15 bits per heavy atom. The molecule has 1 fully saturated rings. The van der Waals surface area contributed by atoms with Gasteiger partial charge >= 0.3 is 0 Å². The number of hydrogen-bond acceptors (Lipinski definition) is 2. The van der Waals surface area contributed by atoms with E-state index in [1.165, 1.54) is 22.4 Å². The predicted molar refractivity (Wildman–Crippen MR) is 141 cm³/mol. The zero-order valence-corrected chi connectivity index (χ0v) is 23.0. The van der Waals surface area contributed by atoms with Gasteiger partial charge in [-0.25, -0.2) is 4.57 Å². The second-order valence-corrected chi connectivity index (χ2v) is 11.5. The highest BCUT2D eigenvalue weighted by Gasteiger charge is 2.35. The highest BCUT2D eigenvalue weighted by atomic mass is 79.9. The molecule has 2 aliphatic rings. The standard InChI is InChI=1S/C27H27Br2ClN3O/c1-32-10-6-17(7-11-32)14-24(34)33-12-8-18(9-13-33)25-21-4-5-23(30)26(29)22(21)3-2-19-15-20(28)16-31-27(19)25/h4-7,10-11,15-16,18,25H,2-3,8-9,12-14H2,1H3/q+1/t25-/m1/s1. The van der Waals surface area contributed by atoms with E-state index in [2.05, 4.69) is 44.0 Å². The lowest BCUT2D eigenvalue weighted by Gasteiger charge is -2.37. The Kier molecular flexibility index (Phi) is 7.10. The van der Waals surface area contributed by atoms with Gasteiger partial charge in [-0.1, -0.05) is 17.7 Å². The van der Waals surface area contributed by atoms with Gasteiger partial charge in [0.05, 0.1) is 17.1 Å². The molecule has 176 valence electrons. The van der Waals surface area contributed by atoms with Crippen LogP contribution in [0.5, 0.6) is 0 Å². The van der Waals surface area contributed by atoms with Gasteiger partial charge in [0.2, 0.25) is 5.91 Å². The fourth-order valence-electron chi connectivity index (χ4n) is 5.43. The zero-order chi connectivity index (χ0) is 23.8. The number of hydrogen-bond donors (Lipinski definition) is 0. The van der Waals surface area contributed by atoms with Crippen molar-refractivity contribution in [3.63, 3.8) is 0 Å². The first-order chi connectivity index (χ1) is 16.4. The van der Waals surface area contributed by atoms with Crippen LogP contribution in [-0.4, -0.2) is 28.9 Å². The number of carbonyl (C=O) groups is 1. The summed E-state index contributed by atoms with van der Waals surface area (Å²) in [5, 5.41) is 0.757. The number of benzene rings is 1. The van der Waals surface area contributed by atoms with Crippen LogP contribution < -0.4 is 4.57 Å². The molecule has 1 amide bonds. The van der Waals surface area contributed by atoms with Crippen molar-refractivity contribution in [3.8, 4) is 0 Å². The Balaban J connectivity index is 1.39. The number of aryl methyl sites for hydroxylation is 2.